The monoisotopic (exact) mass is 1200 g/mol. The number of fused-ring (bicyclic) bond motifs is 3. The highest BCUT2D eigenvalue weighted by atomic mass is 32.1. The van der Waals surface area contributed by atoms with E-state index in [-0.39, 0.29) is 42.3 Å². The van der Waals surface area contributed by atoms with E-state index in [1.54, 1.807) is 23.7 Å². The van der Waals surface area contributed by atoms with E-state index < -0.39 is 17.7 Å². The molecule has 3 unspecified atom stereocenters. The van der Waals surface area contributed by atoms with E-state index in [0.717, 1.165) is 141 Å². The number of ether oxygens (including phenoxy) is 4. The van der Waals surface area contributed by atoms with Crippen molar-refractivity contribution in [2.45, 2.75) is 172 Å². The quantitative estimate of drug-likeness (QED) is 0.0245. The molecule has 6 aromatic rings. The number of esters is 1. The lowest BCUT2D eigenvalue weighted by Crippen LogP contribution is -2.43. The number of alkyl halides is 5. The molecule has 1 N–H and O–H groups in total. The molecule has 18 heteroatoms. The van der Waals surface area contributed by atoms with Gasteiger partial charge in [-0.25, -0.2) is 9.78 Å². The van der Waals surface area contributed by atoms with Crippen molar-refractivity contribution in [2.75, 3.05) is 44.8 Å². The summed E-state index contributed by atoms with van der Waals surface area (Å²) < 4.78 is 94.6. The van der Waals surface area contributed by atoms with Crippen molar-refractivity contribution < 1.29 is 54.9 Å². The summed E-state index contributed by atoms with van der Waals surface area (Å²) in [6.07, 6.45) is 28.8. The van der Waals surface area contributed by atoms with Crippen LogP contribution in [0.1, 0.15) is 163 Å². The van der Waals surface area contributed by atoms with Gasteiger partial charge in [-0.3, -0.25) is 14.8 Å². The number of pyridine rings is 1. The topological polar surface area (TPSA) is 138 Å². The van der Waals surface area contributed by atoms with Gasteiger partial charge in [-0.05, 0) is 136 Å². The fourth-order valence-corrected chi connectivity index (χ4v) is 12.3. The first-order valence-electron chi connectivity index (χ1n) is 31.0. The normalized spacial score (nSPS) is 17.0. The van der Waals surface area contributed by atoms with Crippen LogP contribution >= 0.6 is 11.3 Å². The minimum absolute atomic E-state index is 0.0505. The second-order valence-electron chi connectivity index (χ2n) is 22.7. The molecule has 0 radical (unpaired) electrons. The number of rotatable bonds is 32. The van der Waals surface area contributed by atoms with Crippen molar-refractivity contribution in [2.24, 2.45) is 17.8 Å². The van der Waals surface area contributed by atoms with Gasteiger partial charge in [0, 0.05) is 53.4 Å². The summed E-state index contributed by atoms with van der Waals surface area (Å²) in [5.41, 5.74) is 4.60. The van der Waals surface area contributed by atoms with E-state index in [4.69, 9.17) is 23.4 Å². The molecule has 2 aliphatic heterocycles. The van der Waals surface area contributed by atoms with Crippen LogP contribution in [0.5, 0.6) is 11.5 Å². The molecule has 3 aliphatic rings. The van der Waals surface area contributed by atoms with E-state index in [1.165, 1.54) is 81.5 Å². The summed E-state index contributed by atoms with van der Waals surface area (Å²) >= 11 is 1.76. The number of aromatic nitrogens is 3. The number of para-hydroxylation sites is 1. The SMILES string of the molecule is O=C(OCCCCCCCCCCc1cnco1)C1CCC(CCOc2cccc(C(F)(F)C(F)(F)F)c2)C2Nc3ccccc3C=C12.O=C(OCCCCCCCCCCc1cncs1)N1CCC(CCOc2cccc3ncccc23)CC1. The largest absolute Gasteiger partial charge is 0.494 e. The van der Waals surface area contributed by atoms with Crippen LogP contribution in [0, 0.1) is 17.8 Å². The van der Waals surface area contributed by atoms with Crippen molar-refractivity contribution in [3.05, 3.63) is 137 Å². The standard InChI is InChI=1S/C37H43F5N2O4.C30H41N3O3S/c38-36(39,37(40,41)42)28-13-11-15-29(23-28)46-21-19-26-17-18-31(32-22-27-12-8-9-16-33(27)44-34(26)32)35(45)47-20-10-6-4-2-1-3-5-7-14-30-24-43-25-48-30;34-30(36-21-8-6-4-2-1-3-5-7-11-26-23-31-24-37-26)33-19-15-25(16-20-33)17-22-35-29-14-9-13-28-27(29)12-10-18-32-28/h8-9,11-13,15-16,22-26,31,34,44H,1-7,10,14,17-21H2;9-10,12-14,18,23-25H,1-8,11,15-17,19-22H2. The molecule has 1 saturated heterocycles. The second-order valence-corrected chi connectivity index (χ2v) is 23.7. The summed E-state index contributed by atoms with van der Waals surface area (Å²) in [5, 5.41) is 4.64. The Balaban J connectivity index is 0.000000229. The first-order valence-corrected chi connectivity index (χ1v) is 31.9. The number of hydrogen-bond acceptors (Lipinski definition) is 12. The van der Waals surface area contributed by atoms with Crippen LogP contribution < -0.4 is 14.8 Å². The first kappa shape index (κ1) is 64.4. The lowest BCUT2D eigenvalue weighted by Gasteiger charge is -2.41. The molecule has 85 heavy (non-hydrogen) atoms. The number of thiazole rings is 1. The molecule has 3 atom stereocenters. The first-order chi connectivity index (χ1) is 41.4. The molecule has 2 fully saturated rings. The highest BCUT2D eigenvalue weighted by Crippen LogP contribution is 2.45. The molecular formula is C67H84F5N5O7S. The smallest absolute Gasteiger partial charge is 0.458 e. The number of nitrogens with zero attached hydrogens (tertiary/aromatic N) is 4. The predicted molar refractivity (Wildman–Crippen MR) is 323 cm³/mol. The van der Waals surface area contributed by atoms with E-state index in [2.05, 4.69) is 32.4 Å². The number of halogens is 5. The molecule has 5 heterocycles. The van der Waals surface area contributed by atoms with Gasteiger partial charge in [0.25, 0.3) is 0 Å². The van der Waals surface area contributed by atoms with Crippen LogP contribution in [0.25, 0.3) is 17.0 Å². The lowest BCUT2D eigenvalue weighted by atomic mass is 9.71. The highest BCUT2D eigenvalue weighted by molar-refractivity contribution is 7.09. The van der Waals surface area contributed by atoms with Gasteiger partial charge >= 0.3 is 24.2 Å². The number of anilines is 1. The minimum Gasteiger partial charge on any atom is -0.494 e. The molecule has 460 valence electrons. The second kappa shape index (κ2) is 34.0. The summed E-state index contributed by atoms with van der Waals surface area (Å²) in [6, 6.07) is 21.7. The van der Waals surface area contributed by atoms with Crippen LogP contribution in [-0.2, 0) is 33.0 Å². The number of aryl methyl sites for hydroxylation is 2. The maximum atomic E-state index is 13.9. The fraction of sp³-hybridized carbons (Fsp3) is 0.537. The average molecular weight is 1200 g/mol. The number of piperidine rings is 1. The van der Waals surface area contributed by atoms with Gasteiger partial charge in [-0.2, -0.15) is 22.0 Å². The van der Waals surface area contributed by atoms with E-state index in [0.29, 0.717) is 45.0 Å². The molecule has 9 rings (SSSR count). The van der Waals surface area contributed by atoms with Crippen LogP contribution in [-0.4, -0.2) is 83.6 Å². The van der Waals surface area contributed by atoms with Gasteiger partial charge in [0.2, 0.25) is 0 Å². The Labute approximate surface area is 501 Å². The van der Waals surface area contributed by atoms with Crippen molar-refractivity contribution in [3.63, 3.8) is 0 Å². The maximum absolute atomic E-state index is 13.9. The lowest BCUT2D eigenvalue weighted by molar-refractivity contribution is -0.289. The molecule has 0 spiro atoms. The van der Waals surface area contributed by atoms with Gasteiger partial charge in [0.15, 0.2) is 6.39 Å². The zero-order valence-electron chi connectivity index (χ0n) is 48.9. The number of unbranched alkanes of at least 4 members (excludes halogenated alkanes) is 14. The van der Waals surface area contributed by atoms with Crippen LogP contribution in [0.15, 0.2) is 119 Å². The van der Waals surface area contributed by atoms with Crippen LogP contribution in [0.2, 0.25) is 0 Å². The van der Waals surface area contributed by atoms with Gasteiger partial charge in [-0.15, -0.1) is 11.3 Å². The highest BCUT2D eigenvalue weighted by Gasteiger charge is 2.58. The molecule has 0 bridgehead atoms. The zero-order valence-corrected chi connectivity index (χ0v) is 49.8. The van der Waals surface area contributed by atoms with Crippen molar-refractivity contribution in [3.8, 4) is 11.5 Å². The van der Waals surface area contributed by atoms with Crippen molar-refractivity contribution in [1.29, 1.82) is 0 Å². The third-order valence-electron chi connectivity index (χ3n) is 16.6. The van der Waals surface area contributed by atoms with E-state index >= 15 is 0 Å². The van der Waals surface area contributed by atoms with E-state index in [9.17, 15) is 31.5 Å². The Morgan fingerprint density at radius 1 is 0.671 bits per heavy atom. The van der Waals surface area contributed by atoms with Gasteiger partial charge < -0.3 is 33.6 Å². The molecule has 3 aromatic carbocycles. The molecule has 3 aromatic heterocycles. The Hall–Kier alpha value is -6.56. The molecule has 1 amide bonds. The zero-order chi connectivity index (χ0) is 59.5. The van der Waals surface area contributed by atoms with Gasteiger partial charge in [0.1, 0.15) is 17.3 Å². The Morgan fingerprint density at radius 3 is 2.08 bits per heavy atom. The number of carbonyl (C=O) groups is 2. The van der Waals surface area contributed by atoms with Gasteiger partial charge in [0.05, 0.1) is 55.6 Å². The number of hydrogen-bond donors (Lipinski definition) is 1. The number of benzene rings is 3. The third kappa shape index (κ3) is 20.3. The van der Waals surface area contributed by atoms with Crippen molar-refractivity contribution in [1.82, 2.24) is 19.9 Å². The predicted octanol–water partition coefficient (Wildman–Crippen LogP) is 17.6. The Kier molecular flexibility index (Phi) is 25.7. The molecule has 12 nitrogen and oxygen atoms in total. The number of oxazole rings is 1. The van der Waals surface area contributed by atoms with Crippen LogP contribution in [0.4, 0.5) is 32.4 Å². The molecule has 1 saturated carbocycles. The summed E-state index contributed by atoms with van der Waals surface area (Å²) in [4.78, 5) is 41.5. The number of nitrogens with one attached hydrogen (secondary N) is 1. The number of carbonyl (C=O) groups excluding carboxylic acids is 2. The molecular weight excluding hydrogens is 1110 g/mol. The van der Waals surface area contributed by atoms with Crippen LogP contribution in [0.3, 0.4) is 0 Å². The average Bonchev–Trinajstić information content (AvgIpc) is 4.49. The maximum Gasteiger partial charge on any atom is 0.458 e. The summed E-state index contributed by atoms with van der Waals surface area (Å²) in [6.45, 7) is 3.31. The summed E-state index contributed by atoms with van der Waals surface area (Å²) in [5.74, 6) is -3.16. The summed E-state index contributed by atoms with van der Waals surface area (Å²) in [7, 11) is 0. The number of amides is 1. The van der Waals surface area contributed by atoms with Crippen molar-refractivity contribution >= 4 is 46.1 Å². The molecule has 1 aliphatic carbocycles. The van der Waals surface area contributed by atoms with Gasteiger partial charge in [-0.1, -0.05) is 120 Å². The Bertz CT molecular complexity index is 2930. The third-order valence-corrected chi connectivity index (χ3v) is 17.4. The fourth-order valence-electron chi connectivity index (χ4n) is 11.7. The Morgan fingerprint density at radius 2 is 1.36 bits per heavy atom. The van der Waals surface area contributed by atoms with E-state index in [1.807, 2.05) is 65.1 Å². The number of likely N-dealkylation sites (tertiary alicyclic amines) is 1. The minimum atomic E-state index is -5.70.